The molecule has 0 aliphatic rings. The summed E-state index contributed by atoms with van der Waals surface area (Å²) in [5.41, 5.74) is 0. The highest BCUT2D eigenvalue weighted by Gasteiger charge is 2.52. The molecule has 0 aromatic heterocycles. The lowest BCUT2D eigenvalue weighted by atomic mass is 10.5. The molecule has 0 fully saturated rings. The summed E-state index contributed by atoms with van der Waals surface area (Å²) in [6, 6.07) is 0. The third-order valence-electron chi connectivity index (χ3n) is 3.12. The fraction of sp³-hybridized carbons (Fsp3) is 1.00. The maximum absolute atomic E-state index is 13.6. The second-order valence-corrected chi connectivity index (χ2v) is 12.0. The van der Waals surface area contributed by atoms with Crippen molar-refractivity contribution in [1.29, 1.82) is 0 Å². The molecule has 0 N–H and O–H groups in total. The maximum atomic E-state index is 13.6. The number of rotatable bonds is 15. The van der Waals surface area contributed by atoms with Crippen molar-refractivity contribution in [3.63, 3.8) is 0 Å². The van der Waals surface area contributed by atoms with Crippen LogP contribution in [0.15, 0.2) is 0 Å². The van der Waals surface area contributed by atoms with E-state index in [0.29, 0.717) is 0 Å². The van der Waals surface area contributed by atoms with Crippen LogP contribution in [0.25, 0.3) is 0 Å². The first-order chi connectivity index (χ1) is 12.8. The van der Waals surface area contributed by atoms with Crippen LogP contribution >= 0.6 is 61.8 Å². The zero-order valence-electron chi connectivity index (χ0n) is 16.9. The van der Waals surface area contributed by atoms with Gasteiger partial charge in [-0.05, 0) is 41.5 Å². The fourth-order valence-corrected chi connectivity index (χ4v) is 6.37. The summed E-state index contributed by atoms with van der Waals surface area (Å²) in [6.07, 6.45) is -2.61. The molecule has 0 aliphatic carbocycles. The molecule has 13 heteroatoms. The molecule has 0 saturated heterocycles. The Kier molecular flexibility index (Phi) is 13.7. The monoisotopic (exact) mass is 524 g/mol. The zero-order valence-corrected chi connectivity index (χ0v) is 21.7. The Hall–Kier alpha value is 1.42. The van der Waals surface area contributed by atoms with Crippen molar-refractivity contribution in [3.05, 3.63) is 0 Å². The number of phosphoric acid groups is 1. The first-order valence-corrected chi connectivity index (χ1v) is 13.8. The summed E-state index contributed by atoms with van der Waals surface area (Å²) in [7, 11) is -8.31. The topological polar surface area (TPSA) is 80.3 Å². The van der Waals surface area contributed by atoms with Crippen LogP contribution < -0.4 is 0 Å². The smallest absolute Gasteiger partial charge is 0.302 e. The number of alkyl halides is 4. The molecular formula is C15H30Cl4O7P2. The standard InChI is InChI=1S/C15H30Cl4O7P2/c1-11(7-16)22-27(20,23-12(2)8-17)15(5,6)26-28(21,24-13(3)9-18)25-14(4)10-19/h11-14H,7-10H2,1-6H3. The highest BCUT2D eigenvalue weighted by Crippen LogP contribution is 2.68. The zero-order chi connectivity index (χ0) is 22.2. The first kappa shape index (κ1) is 29.4. The van der Waals surface area contributed by atoms with Gasteiger partial charge in [0.2, 0.25) is 0 Å². The first-order valence-electron chi connectivity index (χ1n) is 8.66. The van der Waals surface area contributed by atoms with Crippen molar-refractivity contribution in [2.45, 2.75) is 71.3 Å². The molecule has 0 bridgehead atoms. The van der Waals surface area contributed by atoms with Gasteiger partial charge in [0, 0.05) is 23.5 Å². The van der Waals surface area contributed by atoms with Crippen LogP contribution in [0.2, 0.25) is 0 Å². The van der Waals surface area contributed by atoms with E-state index in [1.807, 2.05) is 0 Å². The Morgan fingerprint density at radius 1 is 0.679 bits per heavy atom. The number of hydrogen-bond acceptors (Lipinski definition) is 7. The molecule has 0 radical (unpaired) electrons. The minimum absolute atomic E-state index is 0.0314. The third-order valence-corrected chi connectivity index (χ3v) is 9.60. The molecule has 0 amide bonds. The average molecular weight is 526 g/mol. The molecule has 4 unspecified atom stereocenters. The van der Waals surface area contributed by atoms with E-state index >= 15 is 0 Å². The van der Waals surface area contributed by atoms with Gasteiger partial charge in [-0.15, -0.1) is 46.4 Å². The lowest BCUT2D eigenvalue weighted by Gasteiger charge is -2.37. The summed E-state index contributed by atoms with van der Waals surface area (Å²) in [5, 5.41) is -1.73. The van der Waals surface area contributed by atoms with Crippen LogP contribution in [0.3, 0.4) is 0 Å². The summed E-state index contributed by atoms with van der Waals surface area (Å²) in [5.74, 6) is 0.166. The van der Waals surface area contributed by atoms with Crippen molar-refractivity contribution in [3.8, 4) is 0 Å². The number of hydrogen-bond donors (Lipinski definition) is 0. The Morgan fingerprint density at radius 3 is 1.25 bits per heavy atom. The normalized spacial score (nSPS) is 21.4. The summed E-state index contributed by atoms with van der Waals surface area (Å²) < 4.78 is 54.4. The Morgan fingerprint density at radius 2 is 0.964 bits per heavy atom. The van der Waals surface area contributed by atoms with E-state index < -0.39 is 45.2 Å². The third kappa shape index (κ3) is 9.70. The lowest BCUT2D eigenvalue weighted by Crippen LogP contribution is -2.32. The molecule has 0 aliphatic heterocycles. The summed E-state index contributed by atoms with van der Waals surface area (Å²) in [4.78, 5) is 0. The molecule has 0 heterocycles. The van der Waals surface area contributed by atoms with Gasteiger partial charge in [-0.25, -0.2) is 4.57 Å². The number of phosphoric ester groups is 1. The minimum atomic E-state index is -4.25. The van der Waals surface area contributed by atoms with Crippen molar-refractivity contribution in [1.82, 2.24) is 0 Å². The Labute approximate surface area is 188 Å². The van der Waals surface area contributed by atoms with Gasteiger partial charge in [-0.2, -0.15) is 0 Å². The van der Waals surface area contributed by atoms with Crippen molar-refractivity contribution in [2.24, 2.45) is 0 Å². The second-order valence-electron chi connectivity index (χ2n) is 6.76. The highest BCUT2D eigenvalue weighted by molar-refractivity contribution is 7.56. The fourth-order valence-electron chi connectivity index (χ4n) is 1.70. The van der Waals surface area contributed by atoms with E-state index in [-0.39, 0.29) is 23.5 Å². The SMILES string of the molecule is CC(CCl)OP(=O)(OC(C)CCl)OC(C)(C)P(=O)(OC(C)CCl)OC(C)CCl. The van der Waals surface area contributed by atoms with E-state index in [4.69, 9.17) is 69.0 Å². The molecule has 28 heavy (non-hydrogen) atoms. The van der Waals surface area contributed by atoms with Crippen LogP contribution in [0.4, 0.5) is 0 Å². The van der Waals surface area contributed by atoms with E-state index in [2.05, 4.69) is 0 Å². The van der Waals surface area contributed by atoms with E-state index in [1.165, 1.54) is 13.8 Å². The van der Waals surface area contributed by atoms with Gasteiger partial charge in [0.1, 0.15) is 0 Å². The van der Waals surface area contributed by atoms with E-state index in [9.17, 15) is 9.13 Å². The molecule has 7 nitrogen and oxygen atoms in total. The van der Waals surface area contributed by atoms with Crippen LogP contribution in [-0.2, 0) is 31.7 Å². The van der Waals surface area contributed by atoms with Crippen molar-refractivity contribution in [2.75, 3.05) is 23.5 Å². The average Bonchev–Trinajstić information content (AvgIpc) is 2.59. The molecule has 170 valence electrons. The molecular weight excluding hydrogens is 496 g/mol. The predicted octanol–water partition coefficient (Wildman–Crippen LogP) is 6.62. The Balaban J connectivity index is 5.89. The van der Waals surface area contributed by atoms with Crippen molar-refractivity contribution < 1.29 is 31.7 Å². The van der Waals surface area contributed by atoms with Crippen LogP contribution in [0, 0.1) is 0 Å². The van der Waals surface area contributed by atoms with Crippen molar-refractivity contribution >= 4 is 61.8 Å². The van der Waals surface area contributed by atoms with Gasteiger partial charge in [-0.3, -0.25) is 18.1 Å². The predicted molar refractivity (Wildman–Crippen MR) is 115 cm³/mol. The second kappa shape index (κ2) is 13.1. The van der Waals surface area contributed by atoms with Gasteiger partial charge < -0.3 is 9.05 Å². The number of halogens is 4. The van der Waals surface area contributed by atoms with Crippen LogP contribution in [0.5, 0.6) is 0 Å². The van der Waals surface area contributed by atoms with Gasteiger partial charge in [-0.1, -0.05) is 0 Å². The molecule has 4 atom stereocenters. The van der Waals surface area contributed by atoms with E-state index in [0.717, 1.165) is 0 Å². The summed E-state index contributed by atoms with van der Waals surface area (Å²) in [6.45, 7) is 9.19. The maximum Gasteiger partial charge on any atom is 0.476 e. The van der Waals surface area contributed by atoms with Gasteiger partial charge >= 0.3 is 15.4 Å². The molecule has 0 aromatic carbocycles. The minimum Gasteiger partial charge on any atom is -0.302 e. The molecule has 0 saturated carbocycles. The molecule has 0 rings (SSSR count). The van der Waals surface area contributed by atoms with Gasteiger partial charge in [0.25, 0.3) is 0 Å². The van der Waals surface area contributed by atoms with Gasteiger partial charge in [0.05, 0.1) is 24.4 Å². The Bertz CT molecular complexity index is 520. The van der Waals surface area contributed by atoms with E-state index in [1.54, 1.807) is 27.7 Å². The molecule has 0 aromatic rings. The quantitative estimate of drug-likeness (QED) is 0.175. The highest BCUT2D eigenvalue weighted by atomic mass is 35.5. The van der Waals surface area contributed by atoms with Gasteiger partial charge in [0.15, 0.2) is 5.34 Å². The summed E-state index contributed by atoms with van der Waals surface area (Å²) >= 11 is 23.1. The lowest BCUT2D eigenvalue weighted by molar-refractivity contribution is 0.0198. The largest absolute Gasteiger partial charge is 0.476 e. The molecule has 0 spiro atoms. The van der Waals surface area contributed by atoms with Crippen LogP contribution in [0.1, 0.15) is 41.5 Å². The van der Waals surface area contributed by atoms with Crippen LogP contribution in [-0.4, -0.2) is 53.3 Å².